The van der Waals surface area contributed by atoms with Gasteiger partial charge in [-0.2, -0.15) is 0 Å². The maximum Gasteiger partial charge on any atom is 0.318 e. The summed E-state index contributed by atoms with van der Waals surface area (Å²) in [6.45, 7) is 11.6. The minimum Gasteiger partial charge on any atom is -0.424 e. The van der Waals surface area contributed by atoms with Gasteiger partial charge in [0.25, 0.3) is 0 Å². The third kappa shape index (κ3) is 19.7. The van der Waals surface area contributed by atoms with Crippen molar-refractivity contribution in [1.29, 1.82) is 0 Å². The number of urea groups is 1. The Morgan fingerprint density at radius 2 is 1.85 bits per heavy atom. The van der Waals surface area contributed by atoms with Crippen LogP contribution in [-0.2, 0) is 9.22 Å². The Balaban J connectivity index is 0. The van der Waals surface area contributed by atoms with Gasteiger partial charge in [-0.3, -0.25) is 4.67 Å². The predicted octanol–water partition coefficient (Wildman–Crippen LogP) is 0.138. The second kappa shape index (κ2) is 19.2. The van der Waals surface area contributed by atoms with E-state index in [9.17, 15) is 9.59 Å². The van der Waals surface area contributed by atoms with Gasteiger partial charge in [0.2, 0.25) is 0 Å². The van der Waals surface area contributed by atoms with Crippen molar-refractivity contribution in [2.24, 2.45) is 5.73 Å². The van der Waals surface area contributed by atoms with Crippen LogP contribution in [0.2, 0.25) is 6.04 Å². The number of nitrogens with one attached hydrogen (secondary N) is 2. The van der Waals surface area contributed by atoms with Crippen molar-refractivity contribution in [3.8, 4) is 0 Å². The molecule has 0 fully saturated rings. The lowest BCUT2D eigenvalue weighted by molar-refractivity contribution is -0.114. The molecule has 0 rings (SSSR count). The van der Waals surface area contributed by atoms with Gasteiger partial charge < -0.3 is 30.5 Å². The summed E-state index contributed by atoms with van der Waals surface area (Å²) in [4.78, 5) is 23.3. The molecule has 0 aromatic heterocycles. The molecule has 0 aliphatic rings. The van der Waals surface area contributed by atoms with Gasteiger partial charge in [-0.05, 0) is 47.2 Å². The van der Waals surface area contributed by atoms with Crippen molar-refractivity contribution in [2.75, 3.05) is 46.4 Å². The second-order valence-corrected chi connectivity index (χ2v) is 8.37. The molecule has 4 N–H and O–H groups in total. The number of hydrogen-bond donors (Lipinski definition) is 3. The van der Waals surface area contributed by atoms with Crippen LogP contribution in [0, 0.1) is 0 Å². The van der Waals surface area contributed by atoms with E-state index in [1.165, 1.54) is 13.8 Å². The van der Waals surface area contributed by atoms with Crippen molar-refractivity contribution in [3.05, 3.63) is 0 Å². The van der Waals surface area contributed by atoms with Gasteiger partial charge in [-0.25, -0.2) is 4.79 Å². The van der Waals surface area contributed by atoms with Gasteiger partial charge in [-0.1, -0.05) is 9.39 Å². The molecule has 0 aliphatic heterocycles. The van der Waals surface area contributed by atoms with Crippen molar-refractivity contribution in [2.45, 2.75) is 46.3 Å². The average molecular weight is 410 g/mol. The predicted molar refractivity (Wildman–Crippen MR) is 115 cm³/mol. The molecule has 0 saturated carbocycles. The summed E-state index contributed by atoms with van der Waals surface area (Å²) in [5.74, 6) is 0.167. The molecule has 26 heavy (non-hydrogen) atoms. The number of carbonyl (C=O) groups is 2. The number of likely N-dealkylation sites (N-methyl/N-ethyl adjacent to an activating group) is 1. The van der Waals surface area contributed by atoms with E-state index in [0.29, 0.717) is 13.1 Å². The Hall–Kier alpha value is -0.573. The van der Waals surface area contributed by atoms with Gasteiger partial charge in [0.1, 0.15) is 5.78 Å². The fourth-order valence-corrected chi connectivity index (χ4v) is 3.06. The van der Waals surface area contributed by atoms with Crippen LogP contribution in [0.15, 0.2) is 0 Å². The lowest BCUT2D eigenvalue weighted by Crippen LogP contribution is -2.51. The lowest BCUT2D eigenvalue weighted by atomic mass is 10.4. The van der Waals surface area contributed by atoms with E-state index in [1.54, 1.807) is 4.90 Å². The smallest absolute Gasteiger partial charge is 0.318 e. The normalized spacial score (nSPS) is 12.0. The monoisotopic (exact) mass is 409 g/mol. The Morgan fingerprint density at radius 3 is 2.35 bits per heavy atom. The highest BCUT2D eigenvalue weighted by molar-refractivity contribution is 7.13. The Kier molecular flexibility index (Phi) is 20.4. The van der Waals surface area contributed by atoms with E-state index in [-0.39, 0.29) is 18.0 Å². The lowest BCUT2D eigenvalue weighted by Gasteiger charge is -2.28. The molecule has 0 aromatic carbocycles. The number of rotatable bonds is 13. The number of carbonyl (C=O) groups excluding carboxylic acids is 2. The first-order valence-electron chi connectivity index (χ1n) is 9.25. The van der Waals surface area contributed by atoms with E-state index in [1.807, 2.05) is 20.9 Å². The van der Waals surface area contributed by atoms with E-state index in [0.717, 1.165) is 38.7 Å². The van der Waals surface area contributed by atoms with Crippen LogP contribution in [0.5, 0.6) is 0 Å². The second-order valence-electron chi connectivity index (χ2n) is 6.12. The summed E-state index contributed by atoms with van der Waals surface area (Å²) in [5.41, 5.74) is 5.91. The standard InChI is InChI=1S/C13H34N5O2PSi.C3H6O/c1-4-20-22-11-5-6-16-13(19)18(12(2)14)10-9-17(21)8-7-15-3;1-3(2)4/h12,15H,4-11,14,21-22H2,1-3H3,(H,16,19);1-2H3. The van der Waals surface area contributed by atoms with Crippen molar-refractivity contribution in [3.63, 3.8) is 0 Å². The molecule has 10 heteroatoms. The molecule has 8 nitrogen and oxygen atoms in total. The maximum absolute atomic E-state index is 12.2. The third-order valence-corrected chi connectivity index (χ3v) is 5.23. The Morgan fingerprint density at radius 1 is 1.23 bits per heavy atom. The van der Waals surface area contributed by atoms with Gasteiger partial charge in [0.15, 0.2) is 9.76 Å². The maximum atomic E-state index is 12.2. The van der Waals surface area contributed by atoms with Gasteiger partial charge >= 0.3 is 6.03 Å². The van der Waals surface area contributed by atoms with E-state index >= 15 is 0 Å². The highest BCUT2D eigenvalue weighted by atomic mass is 31.0. The van der Waals surface area contributed by atoms with Gasteiger partial charge in [0, 0.05) is 39.3 Å². The number of ketones is 1. The molecule has 0 aliphatic carbocycles. The van der Waals surface area contributed by atoms with Crippen molar-refractivity contribution < 1.29 is 14.0 Å². The first kappa shape index (κ1) is 27.6. The summed E-state index contributed by atoms with van der Waals surface area (Å²) in [6, 6.07) is 1.01. The molecule has 0 spiro atoms. The number of nitrogens with two attached hydrogens (primary N) is 1. The van der Waals surface area contributed by atoms with Crippen LogP contribution in [0.4, 0.5) is 4.79 Å². The molecular formula is C16H40N5O3PSi. The Bertz CT molecular complexity index is 361. The summed E-state index contributed by atoms with van der Waals surface area (Å²) >= 11 is 0. The fraction of sp³-hybridized carbons (Fsp3) is 0.875. The molecule has 0 heterocycles. The molecule has 2 amide bonds. The highest BCUT2D eigenvalue weighted by Crippen LogP contribution is 2.01. The quantitative estimate of drug-likeness (QED) is 0.173. The summed E-state index contributed by atoms with van der Waals surface area (Å²) in [5, 5.41) is 6.04. The van der Waals surface area contributed by atoms with Crippen LogP contribution in [0.3, 0.4) is 0 Å². The van der Waals surface area contributed by atoms with E-state index in [4.69, 9.17) is 10.2 Å². The van der Waals surface area contributed by atoms with Crippen LogP contribution in [-0.4, -0.2) is 83.7 Å². The zero-order valence-corrected chi connectivity index (χ0v) is 19.8. The number of hydrogen-bond acceptors (Lipinski definition) is 6. The largest absolute Gasteiger partial charge is 0.424 e. The summed E-state index contributed by atoms with van der Waals surface area (Å²) in [7, 11) is 4.21. The SMILES string of the molecule is CC(C)=O.CCO[SiH2]CCCNC(=O)N(CCN(P)CCNC)C(C)N. The number of nitrogens with zero attached hydrogens (tertiary/aromatic N) is 2. The molecule has 2 unspecified atom stereocenters. The Labute approximate surface area is 164 Å². The highest BCUT2D eigenvalue weighted by Gasteiger charge is 2.17. The van der Waals surface area contributed by atoms with Crippen LogP contribution in [0.1, 0.15) is 34.1 Å². The average Bonchev–Trinajstić information content (AvgIpc) is 2.55. The van der Waals surface area contributed by atoms with Gasteiger partial charge in [0.05, 0.1) is 6.17 Å². The molecule has 0 saturated heterocycles. The van der Waals surface area contributed by atoms with Crippen molar-refractivity contribution >= 4 is 31.0 Å². The molecule has 0 aromatic rings. The first-order valence-corrected chi connectivity index (χ1v) is 11.3. The summed E-state index contributed by atoms with van der Waals surface area (Å²) in [6.07, 6.45) is 0.684. The molecule has 2 atom stereocenters. The minimum atomic E-state index is -0.402. The molecule has 0 bridgehead atoms. The number of amides is 2. The van der Waals surface area contributed by atoms with Crippen LogP contribution >= 0.6 is 9.39 Å². The van der Waals surface area contributed by atoms with Crippen LogP contribution < -0.4 is 16.4 Å². The molecule has 156 valence electrons. The number of Topliss-reactive ketones (excluding diaryl/α,β-unsaturated/α-hetero) is 1. The zero-order valence-electron chi connectivity index (χ0n) is 17.2. The minimum absolute atomic E-state index is 0.0832. The third-order valence-electron chi connectivity index (χ3n) is 3.23. The van der Waals surface area contributed by atoms with Crippen LogP contribution in [0.25, 0.3) is 0 Å². The molecule has 0 radical (unpaired) electrons. The van der Waals surface area contributed by atoms with E-state index in [2.05, 4.69) is 24.7 Å². The summed E-state index contributed by atoms with van der Waals surface area (Å²) < 4.78 is 7.51. The van der Waals surface area contributed by atoms with Gasteiger partial charge in [-0.15, -0.1) is 0 Å². The first-order chi connectivity index (χ1) is 12.3. The zero-order chi connectivity index (χ0) is 20.4. The van der Waals surface area contributed by atoms with Crippen molar-refractivity contribution in [1.82, 2.24) is 20.2 Å². The van der Waals surface area contributed by atoms with E-state index < -0.39 is 9.76 Å². The molecular weight excluding hydrogens is 369 g/mol. The topological polar surface area (TPSA) is 99.9 Å². The fourth-order valence-electron chi connectivity index (χ4n) is 1.86.